The number of hydrogen-bond donors (Lipinski definition) is 1. The van der Waals surface area contributed by atoms with E-state index in [0.717, 1.165) is 0 Å². The van der Waals surface area contributed by atoms with E-state index in [0.29, 0.717) is 5.06 Å². The standard InChI is InChI=1S/C18H28N2O8/c1-10(2)9-12(19-17(25)27-18(4,5)6)16(24)26-11(3)15(23)28-20-13(21)7-8-14(20)22/h10-12H,7-9H2,1-6H3,(H,19,25). The van der Waals surface area contributed by atoms with Crippen LogP contribution in [0.15, 0.2) is 0 Å². The highest BCUT2D eigenvalue weighted by Crippen LogP contribution is 2.14. The van der Waals surface area contributed by atoms with Gasteiger partial charge in [-0.3, -0.25) is 9.59 Å². The van der Waals surface area contributed by atoms with Crippen molar-refractivity contribution >= 4 is 29.8 Å². The van der Waals surface area contributed by atoms with E-state index in [-0.39, 0.29) is 25.2 Å². The molecule has 10 nitrogen and oxygen atoms in total. The molecule has 0 spiro atoms. The summed E-state index contributed by atoms with van der Waals surface area (Å²) in [5.41, 5.74) is -0.748. The number of carbonyl (C=O) groups excluding carboxylic acids is 5. The summed E-state index contributed by atoms with van der Waals surface area (Å²) in [7, 11) is 0. The molecule has 1 aliphatic rings. The first-order valence-electron chi connectivity index (χ1n) is 9.07. The first-order valence-corrected chi connectivity index (χ1v) is 9.07. The molecule has 1 N–H and O–H groups in total. The topological polar surface area (TPSA) is 128 Å². The van der Waals surface area contributed by atoms with Crippen molar-refractivity contribution in [1.82, 2.24) is 10.4 Å². The lowest BCUT2D eigenvalue weighted by atomic mass is 10.0. The SMILES string of the molecule is CC(C)CC(NC(=O)OC(C)(C)C)C(=O)OC(C)C(=O)ON1C(=O)CCC1=O. The summed E-state index contributed by atoms with van der Waals surface area (Å²) < 4.78 is 10.2. The average Bonchev–Trinajstić information content (AvgIpc) is 2.83. The Morgan fingerprint density at radius 3 is 2.04 bits per heavy atom. The summed E-state index contributed by atoms with van der Waals surface area (Å²) in [5, 5.41) is 2.80. The molecule has 0 radical (unpaired) electrons. The fourth-order valence-electron chi connectivity index (χ4n) is 2.26. The van der Waals surface area contributed by atoms with Gasteiger partial charge in [0.25, 0.3) is 11.8 Å². The number of nitrogens with one attached hydrogen (secondary N) is 1. The van der Waals surface area contributed by atoms with Crippen molar-refractivity contribution in [2.45, 2.75) is 78.6 Å². The largest absolute Gasteiger partial charge is 0.449 e. The molecule has 1 fully saturated rings. The molecule has 10 heteroatoms. The normalized spacial score (nSPS) is 16.6. The molecule has 28 heavy (non-hydrogen) atoms. The summed E-state index contributed by atoms with van der Waals surface area (Å²) in [6.07, 6.45) is -2.02. The zero-order valence-corrected chi connectivity index (χ0v) is 17.1. The number of carbonyl (C=O) groups is 5. The lowest BCUT2D eigenvalue weighted by Gasteiger charge is -2.24. The maximum atomic E-state index is 12.4. The summed E-state index contributed by atoms with van der Waals surface area (Å²) in [4.78, 5) is 64.1. The Bertz CT molecular complexity index is 622. The molecule has 0 aromatic heterocycles. The van der Waals surface area contributed by atoms with E-state index < -0.39 is 47.6 Å². The second-order valence-corrected chi connectivity index (χ2v) is 7.90. The van der Waals surface area contributed by atoms with Gasteiger partial charge in [-0.1, -0.05) is 13.8 Å². The monoisotopic (exact) mass is 400 g/mol. The van der Waals surface area contributed by atoms with Crippen molar-refractivity contribution in [3.05, 3.63) is 0 Å². The maximum Gasteiger partial charge on any atom is 0.408 e. The van der Waals surface area contributed by atoms with Gasteiger partial charge in [-0.2, -0.15) is 0 Å². The van der Waals surface area contributed by atoms with Gasteiger partial charge in [0.2, 0.25) is 0 Å². The predicted molar refractivity (Wildman–Crippen MR) is 95.3 cm³/mol. The number of alkyl carbamates (subject to hydrolysis) is 1. The van der Waals surface area contributed by atoms with Gasteiger partial charge < -0.3 is 19.6 Å². The molecule has 0 aliphatic carbocycles. The lowest BCUT2D eigenvalue weighted by Crippen LogP contribution is -2.46. The van der Waals surface area contributed by atoms with Gasteiger partial charge in [0.15, 0.2) is 6.10 Å². The fraction of sp³-hybridized carbons (Fsp3) is 0.722. The molecule has 0 bridgehead atoms. The van der Waals surface area contributed by atoms with Crippen LogP contribution in [0, 0.1) is 5.92 Å². The molecule has 158 valence electrons. The molecule has 1 heterocycles. The first kappa shape index (κ1) is 23.4. The van der Waals surface area contributed by atoms with E-state index in [4.69, 9.17) is 14.3 Å². The number of rotatable bonds is 7. The van der Waals surface area contributed by atoms with E-state index in [1.165, 1.54) is 6.92 Å². The van der Waals surface area contributed by atoms with Crippen molar-refractivity contribution in [1.29, 1.82) is 0 Å². The molecule has 2 atom stereocenters. The smallest absolute Gasteiger partial charge is 0.408 e. The van der Waals surface area contributed by atoms with Crippen LogP contribution in [-0.2, 0) is 33.5 Å². The number of esters is 1. The second kappa shape index (κ2) is 9.52. The lowest BCUT2D eigenvalue weighted by molar-refractivity contribution is -0.205. The van der Waals surface area contributed by atoms with Gasteiger partial charge in [-0.05, 0) is 40.0 Å². The predicted octanol–water partition coefficient (Wildman–Crippen LogP) is 1.46. The van der Waals surface area contributed by atoms with Gasteiger partial charge in [0.1, 0.15) is 11.6 Å². The third-order valence-corrected chi connectivity index (χ3v) is 3.49. The molecule has 3 amide bonds. The van der Waals surface area contributed by atoms with Crippen molar-refractivity contribution in [3.63, 3.8) is 0 Å². The van der Waals surface area contributed by atoms with Crippen LogP contribution < -0.4 is 5.32 Å². The van der Waals surface area contributed by atoms with Crippen LogP contribution in [0.1, 0.15) is 60.8 Å². The minimum atomic E-state index is -1.39. The Morgan fingerprint density at radius 1 is 1.04 bits per heavy atom. The van der Waals surface area contributed by atoms with Crippen LogP contribution in [0.4, 0.5) is 4.79 Å². The van der Waals surface area contributed by atoms with Crippen LogP contribution in [-0.4, -0.2) is 52.7 Å². The van der Waals surface area contributed by atoms with Crippen molar-refractivity contribution in [2.75, 3.05) is 0 Å². The average molecular weight is 400 g/mol. The molecule has 1 aliphatic heterocycles. The summed E-state index contributed by atoms with van der Waals surface area (Å²) in [6.45, 7) is 9.98. The minimum Gasteiger partial charge on any atom is -0.449 e. The van der Waals surface area contributed by atoms with Gasteiger partial charge >= 0.3 is 18.0 Å². The molecule has 0 aromatic rings. The van der Waals surface area contributed by atoms with Crippen LogP contribution in [0.25, 0.3) is 0 Å². The van der Waals surface area contributed by atoms with E-state index in [9.17, 15) is 24.0 Å². The third kappa shape index (κ3) is 7.53. The van der Waals surface area contributed by atoms with Crippen LogP contribution in [0.2, 0.25) is 0 Å². The zero-order valence-electron chi connectivity index (χ0n) is 17.1. The number of ether oxygens (including phenoxy) is 2. The molecule has 0 saturated carbocycles. The van der Waals surface area contributed by atoms with E-state index in [1.807, 2.05) is 13.8 Å². The summed E-state index contributed by atoms with van der Waals surface area (Å²) in [6, 6.07) is -1.04. The number of nitrogens with zero attached hydrogens (tertiary/aromatic N) is 1. The minimum absolute atomic E-state index is 0.0367. The number of amides is 3. The van der Waals surface area contributed by atoms with Crippen LogP contribution >= 0.6 is 0 Å². The second-order valence-electron chi connectivity index (χ2n) is 7.90. The fourth-order valence-corrected chi connectivity index (χ4v) is 2.26. The quantitative estimate of drug-likeness (QED) is 0.502. The Hall–Kier alpha value is -2.65. The van der Waals surface area contributed by atoms with Gasteiger partial charge in [0.05, 0.1) is 0 Å². The molecule has 1 rings (SSSR count). The van der Waals surface area contributed by atoms with E-state index in [2.05, 4.69) is 5.32 Å². The van der Waals surface area contributed by atoms with Crippen molar-refractivity contribution in [2.24, 2.45) is 5.92 Å². The Balaban J connectivity index is 2.69. The first-order chi connectivity index (χ1) is 12.8. The summed E-state index contributed by atoms with van der Waals surface area (Å²) >= 11 is 0. The Kier molecular flexibility index (Phi) is 7.95. The van der Waals surface area contributed by atoms with Crippen LogP contribution in [0.5, 0.6) is 0 Å². The number of hydrogen-bond acceptors (Lipinski definition) is 8. The van der Waals surface area contributed by atoms with Crippen molar-refractivity contribution < 1.29 is 38.3 Å². The molecule has 1 saturated heterocycles. The highest BCUT2D eigenvalue weighted by Gasteiger charge is 2.36. The van der Waals surface area contributed by atoms with E-state index >= 15 is 0 Å². The Labute approximate surface area is 163 Å². The molecule has 2 unspecified atom stereocenters. The van der Waals surface area contributed by atoms with E-state index in [1.54, 1.807) is 20.8 Å². The molecular formula is C18H28N2O8. The third-order valence-electron chi connectivity index (χ3n) is 3.49. The molecule has 0 aromatic carbocycles. The van der Waals surface area contributed by atoms with Gasteiger partial charge in [-0.15, -0.1) is 5.06 Å². The van der Waals surface area contributed by atoms with Gasteiger partial charge in [-0.25, -0.2) is 14.4 Å². The van der Waals surface area contributed by atoms with Gasteiger partial charge in [0, 0.05) is 12.8 Å². The Morgan fingerprint density at radius 2 is 1.57 bits per heavy atom. The van der Waals surface area contributed by atoms with Crippen LogP contribution in [0.3, 0.4) is 0 Å². The number of imide groups is 1. The zero-order chi connectivity index (χ0) is 21.6. The highest BCUT2D eigenvalue weighted by atomic mass is 16.7. The maximum absolute atomic E-state index is 12.4. The molecular weight excluding hydrogens is 372 g/mol. The van der Waals surface area contributed by atoms with Crippen molar-refractivity contribution in [3.8, 4) is 0 Å². The highest BCUT2D eigenvalue weighted by molar-refractivity contribution is 6.01. The number of hydroxylamine groups is 2. The summed E-state index contributed by atoms with van der Waals surface area (Å²) in [5.74, 6) is -3.17.